The Hall–Kier alpha value is -2.40. The van der Waals surface area contributed by atoms with Crippen molar-refractivity contribution in [2.75, 3.05) is 6.54 Å². The van der Waals surface area contributed by atoms with Crippen molar-refractivity contribution < 1.29 is 9.66 Å². The number of rotatable bonds is 6. The smallest absolute Gasteiger partial charge is 0.273 e. The summed E-state index contributed by atoms with van der Waals surface area (Å²) in [7, 11) is 0. The molecule has 21 heavy (non-hydrogen) atoms. The molecule has 0 saturated carbocycles. The Morgan fingerprint density at radius 2 is 2.05 bits per heavy atom. The van der Waals surface area contributed by atoms with Gasteiger partial charge >= 0.3 is 0 Å². The lowest BCUT2D eigenvalue weighted by Gasteiger charge is -2.10. The number of non-ortho nitro benzene ring substituents is 1. The van der Waals surface area contributed by atoms with E-state index in [1.165, 1.54) is 17.7 Å². The number of ether oxygens (including phenoxy) is 1. The zero-order chi connectivity index (χ0) is 15.2. The normalized spacial score (nSPS) is 10.4. The minimum atomic E-state index is -0.431. The third kappa shape index (κ3) is 4.03. The van der Waals surface area contributed by atoms with E-state index >= 15 is 0 Å². The molecule has 0 unspecified atom stereocenters. The molecule has 0 bridgehead atoms. The summed E-state index contributed by atoms with van der Waals surface area (Å²) >= 11 is 0. The second kappa shape index (κ2) is 6.85. The highest BCUT2D eigenvalue weighted by molar-refractivity contribution is 5.43. The largest absolute Gasteiger partial charge is 0.457 e. The highest BCUT2D eigenvalue weighted by atomic mass is 16.6. The van der Waals surface area contributed by atoms with Crippen molar-refractivity contribution in [3.8, 4) is 11.5 Å². The lowest BCUT2D eigenvalue weighted by atomic mass is 10.1. The topological polar surface area (TPSA) is 64.4 Å². The van der Waals surface area contributed by atoms with Crippen LogP contribution in [0.4, 0.5) is 5.69 Å². The molecule has 0 aliphatic carbocycles. The predicted molar refractivity (Wildman–Crippen MR) is 81.7 cm³/mol. The molecule has 0 amide bonds. The first-order valence-electron chi connectivity index (χ1n) is 6.82. The first-order valence-corrected chi connectivity index (χ1v) is 6.82. The van der Waals surface area contributed by atoms with Crippen LogP contribution in [0.5, 0.6) is 11.5 Å². The molecular weight excluding hydrogens is 268 g/mol. The minimum absolute atomic E-state index is 0.0221. The number of nitro groups is 1. The van der Waals surface area contributed by atoms with E-state index in [0.29, 0.717) is 11.5 Å². The van der Waals surface area contributed by atoms with Gasteiger partial charge in [0.2, 0.25) is 0 Å². The number of nitrogens with zero attached hydrogens (tertiary/aromatic N) is 1. The third-order valence-corrected chi connectivity index (χ3v) is 3.07. The van der Waals surface area contributed by atoms with E-state index in [4.69, 9.17) is 4.74 Å². The molecule has 0 atom stereocenters. The molecule has 2 aromatic rings. The maximum Gasteiger partial charge on any atom is 0.273 e. The molecule has 2 rings (SSSR count). The second-order valence-corrected chi connectivity index (χ2v) is 4.74. The Morgan fingerprint density at radius 3 is 2.71 bits per heavy atom. The first-order chi connectivity index (χ1) is 10.1. The lowest BCUT2D eigenvalue weighted by Crippen LogP contribution is -2.11. The van der Waals surface area contributed by atoms with Gasteiger partial charge in [0, 0.05) is 12.6 Å². The van der Waals surface area contributed by atoms with E-state index < -0.39 is 4.92 Å². The molecule has 0 saturated heterocycles. The number of nitrogens with one attached hydrogen (secondary N) is 1. The van der Waals surface area contributed by atoms with E-state index in [9.17, 15) is 10.1 Å². The molecule has 0 fully saturated rings. The zero-order valence-corrected chi connectivity index (χ0v) is 12.1. The highest BCUT2D eigenvalue weighted by Gasteiger charge is 2.08. The Balaban J connectivity index is 2.16. The molecule has 5 nitrogen and oxygen atoms in total. The molecule has 2 aromatic carbocycles. The van der Waals surface area contributed by atoms with Crippen LogP contribution in [0.2, 0.25) is 0 Å². The van der Waals surface area contributed by atoms with E-state index in [0.717, 1.165) is 18.7 Å². The van der Waals surface area contributed by atoms with E-state index in [1.807, 2.05) is 19.1 Å². The van der Waals surface area contributed by atoms with Gasteiger partial charge in [-0.05, 0) is 36.7 Å². The van der Waals surface area contributed by atoms with Crippen LogP contribution in [0, 0.1) is 17.0 Å². The Kier molecular flexibility index (Phi) is 4.90. The van der Waals surface area contributed by atoms with Crippen LogP contribution in [-0.4, -0.2) is 11.5 Å². The van der Waals surface area contributed by atoms with Crippen molar-refractivity contribution in [2.45, 2.75) is 20.4 Å². The maximum absolute atomic E-state index is 10.8. The van der Waals surface area contributed by atoms with Crippen molar-refractivity contribution >= 4 is 5.69 Å². The average Bonchev–Trinajstić information content (AvgIpc) is 2.48. The molecular formula is C16H18N2O3. The van der Waals surface area contributed by atoms with Gasteiger partial charge in [0.05, 0.1) is 11.0 Å². The number of benzene rings is 2. The van der Waals surface area contributed by atoms with E-state index in [1.54, 1.807) is 12.1 Å². The molecule has 1 N–H and O–H groups in total. The summed E-state index contributed by atoms with van der Waals surface area (Å²) in [5.74, 6) is 1.17. The van der Waals surface area contributed by atoms with Gasteiger partial charge in [0.15, 0.2) is 0 Å². The van der Waals surface area contributed by atoms with E-state index in [2.05, 4.69) is 18.3 Å². The van der Waals surface area contributed by atoms with Crippen molar-refractivity contribution in [1.82, 2.24) is 5.32 Å². The van der Waals surface area contributed by atoms with Crippen LogP contribution in [0.1, 0.15) is 18.1 Å². The maximum atomic E-state index is 10.8. The number of nitro benzene ring substituents is 1. The standard InChI is InChI=1S/C16H18N2O3/c1-3-17-11-13-7-8-16(12(2)9-13)21-15-6-4-5-14(10-15)18(19)20/h4-10,17H,3,11H2,1-2H3. The Bertz CT molecular complexity index is 641. The van der Waals surface area contributed by atoms with Crippen LogP contribution in [0.3, 0.4) is 0 Å². The number of aryl methyl sites for hydroxylation is 1. The van der Waals surface area contributed by atoms with Crippen molar-refractivity contribution in [3.63, 3.8) is 0 Å². The molecule has 0 aliphatic rings. The summed E-state index contributed by atoms with van der Waals surface area (Å²) in [4.78, 5) is 10.3. The van der Waals surface area contributed by atoms with Gasteiger partial charge in [-0.2, -0.15) is 0 Å². The summed E-state index contributed by atoms with van der Waals surface area (Å²) in [5.41, 5.74) is 2.20. The van der Waals surface area contributed by atoms with Gasteiger partial charge in [-0.1, -0.05) is 25.1 Å². The van der Waals surface area contributed by atoms with Crippen molar-refractivity contribution in [1.29, 1.82) is 0 Å². The highest BCUT2D eigenvalue weighted by Crippen LogP contribution is 2.28. The molecule has 0 aliphatic heterocycles. The summed E-state index contributed by atoms with van der Waals surface area (Å²) in [6.45, 7) is 5.76. The van der Waals surface area contributed by atoms with Gasteiger partial charge < -0.3 is 10.1 Å². The monoisotopic (exact) mass is 286 g/mol. The lowest BCUT2D eigenvalue weighted by molar-refractivity contribution is -0.384. The number of hydrogen-bond acceptors (Lipinski definition) is 4. The zero-order valence-electron chi connectivity index (χ0n) is 12.1. The SMILES string of the molecule is CCNCc1ccc(Oc2cccc([N+](=O)[O-])c2)c(C)c1. The molecule has 5 heteroatoms. The fraction of sp³-hybridized carbons (Fsp3) is 0.250. The summed E-state index contributed by atoms with van der Waals surface area (Å²) in [6.07, 6.45) is 0. The van der Waals surface area contributed by atoms with Crippen molar-refractivity contribution in [3.05, 3.63) is 63.7 Å². The molecule has 0 aromatic heterocycles. The van der Waals surface area contributed by atoms with E-state index in [-0.39, 0.29) is 5.69 Å². The van der Waals surface area contributed by atoms with Gasteiger partial charge in [0.25, 0.3) is 5.69 Å². The first kappa shape index (κ1) is 15.0. The number of hydrogen-bond donors (Lipinski definition) is 1. The van der Waals surface area contributed by atoms with Gasteiger partial charge in [-0.3, -0.25) is 10.1 Å². The summed E-state index contributed by atoms with van der Waals surface area (Å²) in [5, 5.41) is 14.0. The van der Waals surface area contributed by atoms with Gasteiger partial charge in [-0.25, -0.2) is 0 Å². The summed E-state index contributed by atoms with van der Waals surface area (Å²) in [6, 6.07) is 12.1. The molecule has 0 radical (unpaired) electrons. The average molecular weight is 286 g/mol. The van der Waals surface area contributed by atoms with Crippen LogP contribution >= 0.6 is 0 Å². The fourth-order valence-electron chi connectivity index (χ4n) is 1.99. The van der Waals surface area contributed by atoms with Crippen LogP contribution in [0.15, 0.2) is 42.5 Å². The Labute approximate surface area is 123 Å². The second-order valence-electron chi connectivity index (χ2n) is 4.74. The van der Waals surface area contributed by atoms with Crippen LogP contribution in [-0.2, 0) is 6.54 Å². The summed E-state index contributed by atoms with van der Waals surface area (Å²) < 4.78 is 5.73. The fourth-order valence-corrected chi connectivity index (χ4v) is 1.99. The van der Waals surface area contributed by atoms with Gasteiger partial charge in [0.1, 0.15) is 11.5 Å². The van der Waals surface area contributed by atoms with Crippen LogP contribution in [0.25, 0.3) is 0 Å². The predicted octanol–water partition coefficient (Wildman–Crippen LogP) is 3.81. The Morgan fingerprint density at radius 1 is 1.24 bits per heavy atom. The quantitative estimate of drug-likeness (QED) is 0.648. The third-order valence-electron chi connectivity index (χ3n) is 3.07. The van der Waals surface area contributed by atoms with Crippen LogP contribution < -0.4 is 10.1 Å². The molecule has 0 heterocycles. The molecule has 110 valence electrons. The van der Waals surface area contributed by atoms with Gasteiger partial charge in [-0.15, -0.1) is 0 Å². The molecule has 0 spiro atoms. The minimum Gasteiger partial charge on any atom is -0.457 e. The van der Waals surface area contributed by atoms with Crippen molar-refractivity contribution in [2.24, 2.45) is 0 Å².